The van der Waals surface area contributed by atoms with Gasteiger partial charge in [-0.3, -0.25) is 14.9 Å². The third-order valence-corrected chi connectivity index (χ3v) is 1.62. The van der Waals surface area contributed by atoms with Crippen LogP contribution in [0.5, 0.6) is 0 Å². The molecule has 5 nitrogen and oxygen atoms in total. The highest BCUT2D eigenvalue weighted by Gasteiger charge is 1.95. The van der Waals surface area contributed by atoms with Crippen molar-refractivity contribution in [1.82, 2.24) is 0 Å². The lowest BCUT2D eigenvalue weighted by Gasteiger charge is -2.00. The number of hydrogen-bond acceptors (Lipinski definition) is 3. The predicted octanol–water partition coefficient (Wildman–Crippen LogP) is 1.89. The zero-order valence-electron chi connectivity index (χ0n) is 8.14. The fourth-order valence-electron chi connectivity index (χ4n) is 1.03. The van der Waals surface area contributed by atoms with Crippen molar-refractivity contribution in [3.8, 4) is 0 Å². The van der Waals surface area contributed by atoms with E-state index in [2.05, 4.69) is 5.32 Å². The second-order valence-electron chi connectivity index (χ2n) is 2.90. The largest absolute Gasteiger partial charge is 0.326 e. The van der Waals surface area contributed by atoms with Gasteiger partial charge in [-0.05, 0) is 17.7 Å². The molecule has 1 rings (SSSR count). The summed E-state index contributed by atoms with van der Waals surface area (Å²) in [5.41, 5.74) is 1.38. The van der Waals surface area contributed by atoms with Crippen molar-refractivity contribution in [2.75, 3.05) is 5.32 Å². The van der Waals surface area contributed by atoms with E-state index >= 15 is 0 Å². The molecular formula is C10H10N2O3. The number of nitrogens with one attached hydrogen (secondary N) is 1. The first-order valence-corrected chi connectivity index (χ1v) is 4.27. The van der Waals surface area contributed by atoms with E-state index in [1.807, 2.05) is 0 Å². The van der Waals surface area contributed by atoms with Gasteiger partial charge >= 0.3 is 0 Å². The van der Waals surface area contributed by atoms with E-state index < -0.39 is 4.92 Å². The van der Waals surface area contributed by atoms with Crippen LogP contribution in [-0.4, -0.2) is 10.8 Å². The summed E-state index contributed by atoms with van der Waals surface area (Å²) in [6.45, 7) is 1.42. The molecule has 15 heavy (non-hydrogen) atoms. The minimum atomic E-state index is -0.526. The number of carbonyl (C=O) groups excluding carboxylic acids is 1. The molecule has 0 unspecified atom stereocenters. The Morgan fingerprint density at radius 3 is 2.47 bits per heavy atom. The van der Waals surface area contributed by atoms with Gasteiger partial charge in [-0.1, -0.05) is 12.1 Å². The molecule has 0 saturated carbocycles. The molecule has 1 amide bonds. The number of benzene rings is 1. The fraction of sp³-hybridized carbons (Fsp3) is 0.100. The van der Waals surface area contributed by atoms with Gasteiger partial charge in [0.2, 0.25) is 12.1 Å². The van der Waals surface area contributed by atoms with Crippen LogP contribution in [0.4, 0.5) is 5.69 Å². The van der Waals surface area contributed by atoms with Gasteiger partial charge in [0.1, 0.15) is 0 Å². The number of anilines is 1. The van der Waals surface area contributed by atoms with Gasteiger partial charge in [-0.15, -0.1) is 0 Å². The summed E-state index contributed by atoms with van der Waals surface area (Å²) < 4.78 is 0. The number of rotatable bonds is 3. The van der Waals surface area contributed by atoms with Crippen LogP contribution in [0.1, 0.15) is 12.5 Å². The summed E-state index contributed by atoms with van der Waals surface area (Å²) in [5.74, 6) is -0.149. The van der Waals surface area contributed by atoms with Crippen molar-refractivity contribution in [2.45, 2.75) is 6.92 Å². The SMILES string of the molecule is CC(=O)Nc1ccc(/C=C\[N+](=O)[O-])cc1. The Bertz CT molecular complexity index is 396. The summed E-state index contributed by atoms with van der Waals surface area (Å²) >= 11 is 0. The Labute approximate surface area is 86.6 Å². The average Bonchev–Trinajstić information content (AvgIpc) is 2.16. The van der Waals surface area contributed by atoms with E-state index in [4.69, 9.17) is 0 Å². The van der Waals surface area contributed by atoms with E-state index in [0.29, 0.717) is 11.3 Å². The minimum Gasteiger partial charge on any atom is -0.326 e. The first kappa shape index (κ1) is 10.9. The lowest BCUT2D eigenvalue weighted by molar-refractivity contribution is -0.400. The summed E-state index contributed by atoms with van der Waals surface area (Å²) in [6.07, 6.45) is 2.25. The van der Waals surface area contributed by atoms with Crippen molar-refractivity contribution < 1.29 is 9.72 Å². The first-order chi connectivity index (χ1) is 7.08. The second kappa shape index (κ2) is 4.90. The molecule has 0 aliphatic heterocycles. The highest BCUT2D eigenvalue weighted by atomic mass is 16.6. The molecule has 0 aromatic heterocycles. The Hall–Kier alpha value is -2.17. The Morgan fingerprint density at radius 2 is 2.00 bits per heavy atom. The van der Waals surface area contributed by atoms with Crippen molar-refractivity contribution in [1.29, 1.82) is 0 Å². The molecule has 5 heteroatoms. The molecule has 78 valence electrons. The normalized spacial score (nSPS) is 10.2. The first-order valence-electron chi connectivity index (χ1n) is 4.27. The zero-order valence-corrected chi connectivity index (χ0v) is 8.14. The molecule has 0 spiro atoms. The number of carbonyl (C=O) groups is 1. The number of nitro groups is 1. The molecular weight excluding hydrogens is 196 g/mol. The fourth-order valence-corrected chi connectivity index (χ4v) is 1.03. The molecule has 0 radical (unpaired) electrons. The van der Waals surface area contributed by atoms with Crippen LogP contribution in [0.25, 0.3) is 6.08 Å². The quantitative estimate of drug-likeness (QED) is 0.606. The van der Waals surface area contributed by atoms with Crippen molar-refractivity contribution >= 4 is 17.7 Å². The third kappa shape index (κ3) is 4.04. The molecule has 0 saturated heterocycles. The maximum absolute atomic E-state index is 10.7. The van der Waals surface area contributed by atoms with Gasteiger partial charge in [0.25, 0.3) is 0 Å². The van der Waals surface area contributed by atoms with Crippen LogP contribution in [0, 0.1) is 10.1 Å². The standard InChI is InChI=1S/C10H10N2O3/c1-8(13)11-10-4-2-9(3-5-10)6-7-12(14)15/h2-7H,1H3,(H,11,13)/b7-6-. The van der Waals surface area contributed by atoms with Gasteiger partial charge in [0.05, 0.1) is 4.92 Å². The van der Waals surface area contributed by atoms with Gasteiger partial charge in [-0.2, -0.15) is 0 Å². The van der Waals surface area contributed by atoms with Crippen molar-refractivity contribution in [3.05, 3.63) is 46.1 Å². The number of hydrogen-bond donors (Lipinski definition) is 1. The maximum Gasteiger partial charge on any atom is 0.235 e. The monoisotopic (exact) mass is 206 g/mol. The molecule has 1 aromatic rings. The van der Waals surface area contributed by atoms with Crippen LogP contribution < -0.4 is 5.32 Å². The molecule has 0 heterocycles. The topological polar surface area (TPSA) is 72.2 Å². The van der Waals surface area contributed by atoms with E-state index in [1.165, 1.54) is 13.0 Å². The van der Waals surface area contributed by atoms with Crippen LogP contribution in [0.15, 0.2) is 30.5 Å². The molecule has 0 bridgehead atoms. The predicted molar refractivity (Wildman–Crippen MR) is 56.8 cm³/mol. The van der Waals surface area contributed by atoms with Crippen LogP contribution in [0.2, 0.25) is 0 Å². The third-order valence-electron chi connectivity index (χ3n) is 1.62. The lowest BCUT2D eigenvalue weighted by Crippen LogP contribution is -2.05. The molecule has 1 N–H and O–H groups in total. The minimum absolute atomic E-state index is 0.149. The van der Waals surface area contributed by atoms with Crippen LogP contribution in [0.3, 0.4) is 0 Å². The maximum atomic E-state index is 10.7. The summed E-state index contributed by atoms with van der Waals surface area (Å²) in [7, 11) is 0. The number of nitrogens with zero attached hydrogens (tertiary/aromatic N) is 1. The van der Waals surface area contributed by atoms with E-state index in [9.17, 15) is 14.9 Å². The van der Waals surface area contributed by atoms with E-state index in [0.717, 1.165) is 6.20 Å². The van der Waals surface area contributed by atoms with Gasteiger partial charge < -0.3 is 5.32 Å². The smallest absolute Gasteiger partial charge is 0.235 e. The Morgan fingerprint density at radius 1 is 1.40 bits per heavy atom. The summed E-state index contributed by atoms with van der Waals surface area (Å²) in [4.78, 5) is 20.2. The van der Waals surface area contributed by atoms with Crippen LogP contribution >= 0.6 is 0 Å². The van der Waals surface area contributed by atoms with E-state index in [-0.39, 0.29) is 5.91 Å². The van der Waals surface area contributed by atoms with E-state index in [1.54, 1.807) is 24.3 Å². The highest BCUT2D eigenvalue weighted by Crippen LogP contribution is 2.10. The van der Waals surface area contributed by atoms with Crippen molar-refractivity contribution in [2.24, 2.45) is 0 Å². The zero-order chi connectivity index (χ0) is 11.3. The Kier molecular flexibility index (Phi) is 3.56. The lowest BCUT2D eigenvalue weighted by atomic mass is 10.2. The molecule has 0 atom stereocenters. The highest BCUT2D eigenvalue weighted by molar-refractivity contribution is 5.88. The summed E-state index contributed by atoms with van der Waals surface area (Å²) in [5, 5.41) is 12.6. The van der Waals surface area contributed by atoms with Crippen LogP contribution in [-0.2, 0) is 4.79 Å². The molecule has 0 aliphatic carbocycles. The Balaban J connectivity index is 2.72. The average molecular weight is 206 g/mol. The second-order valence-corrected chi connectivity index (χ2v) is 2.90. The van der Waals surface area contributed by atoms with Gasteiger partial charge in [-0.25, -0.2) is 0 Å². The summed E-state index contributed by atoms with van der Waals surface area (Å²) in [6, 6.07) is 6.73. The van der Waals surface area contributed by atoms with Crippen molar-refractivity contribution in [3.63, 3.8) is 0 Å². The number of amides is 1. The van der Waals surface area contributed by atoms with Gasteiger partial charge in [0, 0.05) is 18.7 Å². The van der Waals surface area contributed by atoms with Gasteiger partial charge in [0.15, 0.2) is 0 Å². The molecule has 0 fully saturated rings. The molecule has 0 aliphatic rings. The molecule has 1 aromatic carbocycles.